The summed E-state index contributed by atoms with van der Waals surface area (Å²) in [4.78, 5) is 16.4. The number of hydrogen-bond acceptors (Lipinski definition) is 2. The standard InChI is InChI=1S/C20H20F2N2O/c21-16-12-15-5-3-9-23(20(15)17(22)13-16)10-8-19(25)24-11-7-14-4-1-2-6-18(14)24/h1-2,4,6,12-13H,3,5,7-11H2. The van der Waals surface area contributed by atoms with Gasteiger partial charge < -0.3 is 9.80 Å². The highest BCUT2D eigenvalue weighted by Gasteiger charge is 2.26. The number of nitrogens with zero attached hydrogens (tertiary/aromatic N) is 2. The second-order valence-electron chi connectivity index (χ2n) is 6.66. The lowest BCUT2D eigenvalue weighted by molar-refractivity contribution is -0.118. The van der Waals surface area contributed by atoms with Crippen LogP contribution in [0.4, 0.5) is 20.2 Å². The molecule has 0 saturated carbocycles. The van der Waals surface area contributed by atoms with E-state index in [1.54, 1.807) is 0 Å². The second-order valence-corrected chi connectivity index (χ2v) is 6.66. The van der Waals surface area contributed by atoms with Gasteiger partial charge in [-0.05, 0) is 42.5 Å². The van der Waals surface area contributed by atoms with Crippen molar-refractivity contribution in [3.63, 3.8) is 0 Å². The van der Waals surface area contributed by atoms with Crippen LogP contribution < -0.4 is 9.80 Å². The van der Waals surface area contributed by atoms with Crippen molar-refractivity contribution in [1.82, 2.24) is 0 Å². The Labute approximate surface area is 145 Å². The maximum Gasteiger partial charge on any atom is 0.228 e. The molecule has 0 spiro atoms. The normalized spacial score (nSPS) is 15.9. The molecule has 0 saturated heterocycles. The third-order valence-electron chi connectivity index (χ3n) is 5.08. The largest absolute Gasteiger partial charge is 0.368 e. The minimum atomic E-state index is -0.539. The van der Waals surface area contributed by atoms with Crippen molar-refractivity contribution in [2.24, 2.45) is 0 Å². The summed E-state index contributed by atoms with van der Waals surface area (Å²) in [5.41, 5.74) is 3.34. The fourth-order valence-corrected chi connectivity index (χ4v) is 3.92. The van der Waals surface area contributed by atoms with E-state index in [0.717, 1.165) is 24.6 Å². The minimum absolute atomic E-state index is 0.0552. The number of anilines is 2. The van der Waals surface area contributed by atoms with Gasteiger partial charge in [0.05, 0.1) is 5.69 Å². The van der Waals surface area contributed by atoms with Gasteiger partial charge >= 0.3 is 0 Å². The molecular weight excluding hydrogens is 322 g/mol. The highest BCUT2D eigenvalue weighted by molar-refractivity contribution is 5.95. The number of hydrogen-bond donors (Lipinski definition) is 0. The van der Waals surface area contributed by atoms with Crippen LogP contribution in [0.15, 0.2) is 36.4 Å². The van der Waals surface area contributed by atoms with Gasteiger partial charge in [0.25, 0.3) is 0 Å². The monoisotopic (exact) mass is 342 g/mol. The van der Waals surface area contributed by atoms with Crippen LogP contribution in [-0.4, -0.2) is 25.5 Å². The lowest BCUT2D eigenvalue weighted by Gasteiger charge is -2.32. The molecule has 130 valence electrons. The van der Waals surface area contributed by atoms with Gasteiger partial charge in [0.15, 0.2) is 0 Å². The minimum Gasteiger partial charge on any atom is -0.368 e. The molecule has 1 amide bonds. The molecule has 0 fully saturated rings. The topological polar surface area (TPSA) is 23.6 Å². The third-order valence-corrected chi connectivity index (χ3v) is 5.08. The van der Waals surface area contributed by atoms with Crippen molar-refractivity contribution < 1.29 is 13.6 Å². The van der Waals surface area contributed by atoms with Crippen molar-refractivity contribution >= 4 is 17.3 Å². The summed E-state index contributed by atoms with van der Waals surface area (Å²) in [6.07, 6.45) is 2.72. The predicted octanol–water partition coefficient (Wildman–Crippen LogP) is 3.70. The molecule has 0 atom stereocenters. The van der Waals surface area contributed by atoms with Gasteiger partial charge in [-0.15, -0.1) is 0 Å². The lowest BCUT2D eigenvalue weighted by Crippen LogP contribution is -2.36. The van der Waals surface area contributed by atoms with E-state index in [9.17, 15) is 13.6 Å². The quantitative estimate of drug-likeness (QED) is 0.849. The zero-order valence-corrected chi connectivity index (χ0v) is 14.0. The van der Waals surface area contributed by atoms with Crippen LogP contribution in [0.2, 0.25) is 0 Å². The molecule has 2 aromatic rings. The van der Waals surface area contributed by atoms with Crippen LogP contribution in [0.5, 0.6) is 0 Å². The number of amides is 1. The third kappa shape index (κ3) is 2.99. The van der Waals surface area contributed by atoms with E-state index in [-0.39, 0.29) is 5.91 Å². The average Bonchev–Trinajstić information content (AvgIpc) is 3.03. The van der Waals surface area contributed by atoms with Crippen LogP contribution in [0.1, 0.15) is 24.0 Å². The number of benzene rings is 2. The Morgan fingerprint density at radius 3 is 2.76 bits per heavy atom. The average molecular weight is 342 g/mol. The number of rotatable bonds is 3. The van der Waals surface area contributed by atoms with E-state index in [2.05, 4.69) is 0 Å². The number of halogens is 2. The second kappa shape index (κ2) is 6.47. The van der Waals surface area contributed by atoms with Gasteiger partial charge in [-0.2, -0.15) is 0 Å². The fourth-order valence-electron chi connectivity index (χ4n) is 3.92. The van der Waals surface area contributed by atoms with E-state index < -0.39 is 11.6 Å². The van der Waals surface area contributed by atoms with Gasteiger partial charge in [0, 0.05) is 37.8 Å². The number of fused-ring (bicyclic) bond motifs is 2. The molecule has 2 heterocycles. The van der Waals surface area contributed by atoms with Gasteiger partial charge in [0.1, 0.15) is 11.6 Å². The smallest absolute Gasteiger partial charge is 0.228 e. The summed E-state index contributed by atoms with van der Waals surface area (Å²) >= 11 is 0. The van der Waals surface area contributed by atoms with Crippen molar-refractivity contribution in [3.8, 4) is 0 Å². The van der Waals surface area contributed by atoms with Gasteiger partial charge in [-0.1, -0.05) is 18.2 Å². The molecule has 0 aromatic heterocycles. The highest BCUT2D eigenvalue weighted by Crippen LogP contribution is 2.32. The first-order valence-electron chi connectivity index (χ1n) is 8.74. The molecule has 25 heavy (non-hydrogen) atoms. The zero-order chi connectivity index (χ0) is 17.4. The molecule has 5 heteroatoms. The van der Waals surface area contributed by atoms with E-state index in [4.69, 9.17) is 0 Å². The van der Waals surface area contributed by atoms with Crippen molar-refractivity contribution in [2.45, 2.75) is 25.7 Å². The summed E-state index contributed by atoms with van der Waals surface area (Å²) in [6, 6.07) is 10.3. The Kier molecular flexibility index (Phi) is 4.15. The molecule has 0 aliphatic carbocycles. The first-order valence-corrected chi connectivity index (χ1v) is 8.74. The predicted molar refractivity (Wildman–Crippen MR) is 94.0 cm³/mol. The molecular formula is C20H20F2N2O. The Morgan fingerprint density at radius 1 is 1.04 bits per heavy atom. The Bertz CT molecular complexity index is 821. The molecule has 0 N–H and O–H groups in total. The number of carbonyl (C=O) groups is 1. The van der Waals surface area contributed by atoms with Crippen LogP contribution in [-0.2, 0) is 17.6 Å². The molecule has 0 bridgehead atoms. The van der Waals surface area contributed by atoms with E-state index in [0.29, 0.717) is 43.7 Å². The van der Waals surface area contributed by atoms with E-state index >= 15 is 0 Å². The van der Waals surface area contributed by atoms with Crippen LogP contribution in [0.3, 0.4) is 0 Å². The molecule has 2 aromatic carbocycles. The SMILES string of the molecule is O=C(CCN1CCCc2cc(F)cc(F)c21)N1CCc2ccccc21. The number of para-hydroxylation sites is 1. The van der Waals surface area contributed by atoms with Crippen molar-refractivity contribution in [3.05, 3.63) is 59.2 Å². The summed E-state index contributed by atoms with van der Waals surface area (Å²) < 4.78 is 27.7. The maximum atomic E-state index is 14.2. The molecule has 2 aliphatic rings. The van der Waals surface area contributed by atoms with Gasteiger partial charge in [0.2, 0.25) is 5.91 Å². The number of carbonyl (C=O) groups excluding carboxylic acids is 1. The van der Waals surface area contributed by atoms with E-state index in [1.807, 2.05) is 34.1 Å². The Morgan fingerprint density at radius 2 is 1.88 bits per heavy atom. The van der Waals surface area contributed by atoms with E-state index in [1.165, 1.54) is 11.6 Å². The van der Waals surface area contributed by atoms with Crippen LogP contribution in [0, 0.1) is 11.6 Å². The zero-order valence-electron chi connectivity index (χ0n) is 14.0. The fraction of sp³-hybridized carbons (Fsp3) is 0.350. The highest BCUT2D eigenvalue weighted by atomic mass is 19.1. The first-order chi connectivity index (χ1) is 12.1. The summed E-state index contributed by atoms with van der Waals surface area (Å²) in [7, 11) is 0. The molecule has 3 nitrogen and oxygen atoms in total. The van der Waals surface area contributed by atoms with Crippen LogP contribution in [0.25, 0.3) is 0 Å². The first kappa shape index (κ1) is 16.1. The molecule has 0 unspecified atom stereocenters. The van der Waals surface area contributed by atoms with Crippen molar-refractivity contribution in [1.29, 1.82) is 0 Å². The summed E-state index contributed by atoms with van der Waals surface area (Å²) in [5, 5.41) is 0. The van der Waals surface area contributed by atoms with Crippen LogP contribution >= 0.6 is 0 Å². The molecule has 2 aliphatic heterocycles. The van der Waals surface area contributed by atoms with Gasteiger partial charge in [-0.3, -0.25) is 4.79 Å². The Balaban J connectivity index is 1.48. The molecule has 4 rings (SSSR count). The number of aryl methyl sites for hydroxylation is 1. The lowest BCUT2D eigenvalue weighted by atomic mass is 10.0. The van der Waals surface area contributed by atoms with Gasteiger partial charge in [-0.25, -0.2) is 8.78 Å². The summed E-state index contributed by atoms with van der Waals surface area (Å²) in [6.45, 7) is 1.85. The summed E-state index contributed by atoms with van der Waals surface area (Å²) in [5.74, 6) is -1.02. The maximum absolute atomic E-state index is 14.2. The van der Waals surface area contributed by atoms with Crippen molar-refractivity contribution in [2.75, 3.05) is 29.4 Å². The molecule has 0 radical (unpaired) electrons. The Hall–Kier alpha value is -2.43.